The van der Waals surface area contributed by atoms with Crippen LogP contribution in [0.2, 0.25) is 0 Å². The van der Waals surface area contributed by atoms with E-state index in [0.717, 1.165) is 48.3 Å². The highest BCUT2D eigenvalue weighted by Crippen LogP contribution is 2.67. The van der Waals surface area contributed by atoms with E-state index in [9.17, 15) is 5.11 Å². The molecule has 0 aromatic heterocycles. The van der Waals surface area contributed by atoms with Crippen LogP contribution in [-0.2, 0) is 0 Å². The van der Waals surface area contributed by atoms with Crippen LogP contribution in [0.5, 0.6) is 0 Å². The van der Waals surface area contributed by atoms with Gasteiger partial charge in [0.15, 0.2) is 0 Å². The molecule has 0 heterocycles. The van der Waals surface area contributed by atoms with Gasteiger partial charge in [-0.2, -0.15) is 0 Å². The van der Waals surface area contributed by atoms with Gasteiger partial charge in [-0.25, -0.2) is 0 Å². The highest BCUT2D eigenvalue weighted by Gasteiger charge is 2.58. The second-order valence-corrected chi connectivity index (χ2v) is 12.4. The van der Waals surface area contributed by atoms with Crippen molar-refractivity contribution in [2.45, 2.75) is 105 Å². The third-order valence-corrected chi connectivity index (χ3v) is 10.1. The summed E-state index contributed by atoms with van der Waals surface area (Å²) < 4.78 is 0. The van der Waals surface area contributed by atoms with E-state index in [1.165, 1.54) is 44.9 Å². The Bertz CT molecular complexity index is 672. The number of allylic oxidation sites excluding steroid dienone is 3. The summed E-state index contributed by atoms with van der Waals surface area (Å²) in [5, 5.41) is 10.2. The van der Waals surface area contributed by atoms with Crippen LogP contribution in [0.1, 0.15) is 99.3 Å². The SMILES string of the molecule is CC(=CC(C)C1CCC2C3CC=C4CC(O)CCC4(C)C3CCC12C)CC(C)C. The summed E-state index contributed by atoms with van der Waals surface area (Å²) in [6.07, 6.45) is 16.6. The average Bonchev–Trinajstić information content (AvgIpc) is 2.99. The van der Waals surface area contributed by atoms with Crippen molar-refractivity contribution in [2.75, 3.05) is 0 Å². The lowest BCUT2D eigenvalue weighted by atomic mass is 9.47. The van der Waals surface area contributed by atoms with Gasteiger partial charge in [-0.15, -0.1) is 0 Å². The average molecular weight is 399 g/mol. The summed E-state index contributed by atoms with van der Waals surface area (Å²) in [7, 11) is 0. The minimum Gasteiger partial charge on any atom is -0.393 e. The number of hydrogen-bond donors (Lipinski definition) is 1. The predicted octanol–water partition coefficient (Wildman–Crippen LogP) is 7.55. The molecular weight excluding hydrogens is 352 g/mol. The zero-order valence-corrected chi connectivity index (χ0v) is 20.0. The van der Waals surface area contributed by atoms with Gasteiger partial charge in [0.2, 0.25) is 0 Å². The van der Waals surface area contributed by atoms with E-state index in [-0.39, 0.29) is 6.10 Å². The smallest absolute Gasteiger partial charge is 0.0577 e. The molecule has 0 aromatic carbocycles. The molecular formula is C28H46O. The first-order valence-corrected chi connectivity index (χ1v) is 12.7. The summed E-state index contributed by atoms with van der Waals surface area (Å²) in [6, 6.07) is 0. The van der Waals surface area contributed by atoms with Gasteiger partial charge in [0.1, 0.15) is 0 Å². The second kappa shape index (κ2) is 7.85. The molecule has 0 saturated heterocycles. The van der Waals surface area contributed by atoms with Crippen molar-refractivity contribution in [1.29, 1.82) is 0 Å². The van der Waals surface area contributed by atoms with Crippen molar-refractivity contribution < 1.29 is 5.11 Å². The first-order chi connectivity index (χ1) is 13.6. The van der Waals surface area contributed by atoms with Crippen LogP contribution in [0.3, 0.4) is 0 Å². The molecule has 0 aliphatic heterocycles. The zero-order chi connectivity index (χ0) is 21.0. The van der Waals surface area contributed by atoms with Gasteiger partial charge in [0, 0.05) is 0 Å². The van der Waals surface area contributed by atoms with Gasteiger partial charge in [-0.05, 0) is 111 Å². The van der Waals surface area contributed by atoms with Crippen LogP contribution in [0.25, 0.3) is 0 Å². The molecule has 1 heteroatoms. The summed E-state index contributed by atoms with van der Waals surface area (Å²) in [5.41, 5.74) is 4.12. The standard InChI is InChI=1S/C28H46O/c1-18(2)15-19(3)16-20(4)24-9-10-25-23-8-7-21-17-22(29)11-13-27(21,5)26(23)12-14-28(24,25)6/h7,16,18,20,22-26,29H,8-15,17H2,1-6H3. The van der Waals surface area contributed by atoms with Crippen LogP contribution in [0.4, 0.5) is 0 Å². The molecule has 3 fully saturated rings. The van der Waals surface area contributed by atoms with Gasteiger partial charge in [-0.1, -0.05) is 57.9 Å². The first-order valence-electron chi connectivity index (χ1n) is 12.7. The Morgan fingerprint density at radius 3 is 2.59 bits per heavy atom. The lowest BCUT2D eigenvalue weighted by Crippen LogP contribution is -2.50. The normalized spacial score (nSPS) is 46.0. The largest absolute Gasteiger partial charge is 0.393 e. The molecule has 164 valence electrons. The Morgan fingerprint density at radius 2 is 1.86 bits per heavy atom. The number of rotatable bonds is 4. The summed E-state index contributed by atoms with van der Waals surface area (Å²) in [5.74, 6) is 5.00. The van der Waals surface area contributed by atoms with Gasteiger partial charge in [0.25, 0.3) is 0 Å². The number of aliphatic hydroxyl groups excluding tert-OH is 1. The molecule has 0 spiro atoms. The molecule has 8 atom stereocenters. The molecule has 4 aliphatic carbocycles. The van der Waals surface area contributed by atoms with E-state index in [1.807, 2.05) is 0 Å². The lowest BCUT2D eigenvalue weighted by molar-refractivity contribution is -0.0541. The third-order valence-electron chi connectivity index (χ3n) is 10.1. The Hall–Kier alpha value is -0.560. The van der Waals surface area contributed by atoms with E-state index in [0.29, 0.717) is 10.8 Å². The van der Waals surface area contributed by atoms with Crippen molar-refractivity contribution in [2.24, 2.45) is 46.3 Å². The fourth-order valence-electron chi connectivity index (χ4n) is 8.82. The summed E-state index contributed by atoms with van der Waals surface area (Å²) in [6.45, 7) is 14.8. The first kappa shape index (κ1) is 21.7. The number of fused-ring (bicyclic) bond motifs is 5. The minimum atomic E-state index is -0.0858. The van der Waals surface area contributed by atoms with Gasteiger partial charge in [-0.3, -0.25) is 0 Å². The van der Waals surface area contributed by atoms with Gasteiger partial charge in [0.05, 0.1) is 6.10 Å². The third kappa shape index (κ3) is 3.68. The molecule has 29 heavy (non-hydrogen) atoms. The highest BCUT2D eigenvalue weighted by atomic mass is 16.3. The molecule has 0 radical (unpaired) electrons. The number of hydrogen-bond acceptors (Lipinski definition) is 1. The minimum absolute atomic E-state index is 0.0858. The van der Waals surface area contributed by atoms with E-state index >= 15 is 0 Å². The fraction of sp³-hybridized carbons (Fsp3) is 0.857. The van der Waals surface area contributed by atoms with Crippen molar-refractivity contribution in [3.05, 3.63) is 23.3 Å². The van der Waals surface area contributed by atoms with Crippen molar-refractivity contribution in [3.8, 4) is 0 Å². The fourth-order valence-corrected chi connectivity index (χ4v) is 8.82. The highest BCUT2D eigenvalue weighted by molar-refractivity contribution is 5.25. The Morgan fingerprint density at radius 1 is 1.10 bits per heavy atom. The molecule has 0 amide bonds. The maximum atomic E-state index is 10.2. The summed E-state index contributed by atoms with van der Waals surface area (Å²) in [4.78, 5) is 0. The Balaban J connectivity index is 1.54. The predicted molar refractivity (Wildman–Crippen MR) is 124 cm³/mol. The summed E-state index contributed by atoms with van der Waals surface area (Å²) >= 11 is 0. The van der Waals surface area contributed by atoms with E-state index < -0.39 is 0 Å². The van der Waals surface area contributed by atoms with Crippen molar-refractivity contribution >= 4 is 0 Å². The number of aliphatic hydroxyl groups is 1. The van der Waals surface area contributed by atoms with Crippen LogP contribution in [0, 0.1) is 46.3 Å². The quantitative estimate of drug-likeness (QED) is 0.484. The monoisotopic (exact) mass is 398 g/mol. The van der Waals surface area contributed by atoms with E-state index in [1.54, 1.807) is 11.1 Å². The maximum Gasteiger partial charge on any atom is 0.0577 e. The van der Waals surface area contributed by atoms with Gasteiger partial charge < -0.3 is 5.11 Å². The molecule has 1 N–H and O–H groups in total. The second-order valence-electron chi connectivity index (χ2n) is 12.4. The Kier molecular flexibility index (Phi) is 5.86. The van der Waals surface area contributed by atoms with E-state index in [2.05, 4.69) is 53.7 Å². The molecule has 0 bridgehead atoms. The maximum absolute atomic E-state index is 10.2. The molecule has 0 aromatic rings. The van der Waals surface area contributed by atoms with Gasteiger partial charge >= 0.3 is 0 Å². The zero-order valence-electron chi connectivity index (χ0n) is 20.0. The van der Waals surface area contributed by atoms with E-state index in [4.69, 9.17) is 0 Å². The molecule has 4 rings (SSSR count). The van der Waals surface area contributed by atoms with Crippen LogP contribution in [0.15, 0.2) is 23.3 Å². The molecule has 4 aliphatic rings. The van der Waals surface area contributed by atoms with Crippen LogP contribution in [-0.4, -0.2) is 11.2 Å². The van der Waals surface area contributed by atoms with Crippen molar-refractivity contribution in [3.63, 3.8) is 0 Å². The molecule has 3 saturated carbocycles. The lowest BCUT2D eigenvalue weighted by Gasteiger charge is -2.58. The topological polar surface area (TPSA) is 20.2 Å². The van der Waals surface area contributed by atoms with Crippen LogP contribution >= 0.6 is 0 Å². The molecule has 8 unspecified atom stereocenters. The van der Waals surface area contributed by atoms with Crippen molar-refractivity contribution in [1.82, 2.24) is 0 Å². The van der Waals surface area contributed by atoms with Crippen LogP contribution < -0.4 is 0 Å². The Labute approximate surface area is 180 Å². The molecule has 1 nitrogen and oxygen atoms in total.